The molecule has 3 heterocycles. The van der Waals surface area contributed by atoms with Crippen molar-refractivity contribution in [3.05, 3.63) is 69.8 Å². The average Bonchev–Trinajstić information content (AvgIpc) is 3.48. The van der Waals surface area contributed by atoms with Crippen molar-refractivity contribution in [1.29, 1.82) is 0 Å². The Kier molecular flexibility index (Phi) is 9.62. The number of ether oxygens (including phenoxy) is 2. The molecule has 4 rings (SSSR count). The predicted molar refractivity (Wildman–Crippen MR) is 147 cm³/mol. The summed E-state index contributed by atoms with van der Waals surface area (Å²) in [6.45, 7) is 3.34. The number of hydrogen-bond acceptors (Lipinski definition) is 9. The van der Waals surface area contributed by atoms with E-state index in [0.717, 1.165) is 15.4 Å². The number of nitrogens with zero attached hydrogens (tertiary/aromatic N) is 7. The van der Waals surface area contributed by atoms with Gasteiger partial charge in [-0.05, 0) is 57.2 Å². The maximum absolute atomic E-state index is 13.3. The van der Waals surface area contributed by atoms with Crippen LogP contribution in [0.1, 0.15) is 38.5 Å². The third-order valence-corrected chi connectivity index (χ3v) is 6.18. The number of nitrogens with two attached hydrogens (primary N) is 1. The number of aromatic nitrogens is 7. The van der Waals surface area contributed by atoms with Gasteiger partial charge in [0.25, 0.3) is 0 Å². The van der Waals surface area contributed by atoms with E-state index in [4.69, 9.17) is 22.1 Å². The van der Waals surface area contributed by atoms with Crippen LogP contribution >= 0.6 is 11.6 Å². The van der Waals surface area contributed by atoms with Crippen molar-refractivity contribution in [2.75, 3.05) is 6.61 Å². The Morgan fingerprint density at radius 2 is 1.71 bits per heavy atom. The van der Waals surface area contributed by atoms with E-state index in [1.54, 1.807) is 20.8 Å². The minimum Gasteiger partial charge on any atom is -0.402 e. The normalized spacial score (nSPS) is 14.0. The van der Waals surface area contributed by atoms with Gasteiger partial charge >= 0.3 is 18.2 Å². The summed E-state index contributed by atoms with van der Waals surface area (Å²) in [5, 5.41) is 18.4. The molecule has 0 fully saturated rings. The lowest BCUT2D eigenvalue weighted by molar-refractivity contribution is -0.274. The molecule has 19 heteroatoms. The van der Waals surface area contributed by atoms with E-state index in [0.29, 0.717) is 9.59 Å². The van der Waals surface area contributed by atoms with Crippen LogP contribution in [-0.2, 0) is 17.8 Å². The quantitative estimate of drug-likeness (QED) is 0.240. The van der Waals surface area contributed by atoms with Gasteiger partial charge in [-0.1, -0.05) is 11.6 Å². The Morgan fingerprint density at radius 3 is 2.31 bits per heavy atom. The average molecular weight is 665 g/mol. The SMILES string of the molecule is CC(C)(C)OCC(N)c1nc(Cn2nc(-c3ccc(Cl)cc3)n(CC(O)C(F)(F)F)c2=O)nn1-c1ncccc1OC(F)(F)F. The minimum absolute atomic E-state index is 0.127. The van der Waals surface area contributed by atoms with E-state index < -0.39 is 60.6 Å². The molecule has 0 spiro atoms. The number of hydrogen-bond donors (Lipinski definition) is 2. The van der Waals surface area contributed by atoms with Crippen molar-refractivity contribution >= 4 is 11.6 Å². The summed E-state index contributed by atoms with van der Waals surface area (Å²) in [4.78, 5) is 21.6. The fourth-order valence-corrected chi connectivity index (χ4v) is 4.05. The third kappa shape index (κ3) is 8.59. The zero-order chi connectivity index (χ0) is 33.3. The van der Waals surface area contributed by atoms with Crippen LogP contribution in [0.25, 0.3) is 17.2 Å². The summed E-state index contributed by atoms with van der Waals surface area (Å²) >= 11 is 5.92. The molecule has 12 nitrogen and oxygen atoms in total. The highest BCUT2D eigenvalue weighted by molar-refractivity contribution is 6.30. The van der Waals surface area contributed by atoms with Crippen LogP contribution in [0.15, 0.2) is 47.4 Å². The molecule has 0 aliphatic rings. The molecule has 0 amide bonds. The van der Waals surface area contributed by atoms with Crippen molar-refractivity contribution in [3.8, 4) is 23.0 Å². The molecule has 1 aromatic carbocycles. The maximum Gasteiger partial charge on any atom is 0.573 e. The molecule has 3 aromatic heterocycles. The van der Waals surface area contributed by atoms with Crippen molar-refractivity contribution in [3.63, 3.8) is 0 Å². The lowest BCUT2D eigenvalue weighted by atomic mass is 10.2. The molecule has 3 N–H and O–H groups in total. The highest BCUT2D eigenvalue weighted by atomic mass is 35.5. The molecular formula is C26H27ClF6N8O4. The lowest BCUT2D eigenvalue weighted by Gasteiger charge is -2.22. The van der Waals surface area contributed by atoms with Crippen LogP contribution in [0.5, 0.6) is 5.75 Å². The second-order valence-electron chi connectivity index (χ2n) is 10.6. The third-order valence-electron chi connectivity index (χ3n) is 5.93. The van der Waals surface area contributed by atoms with Gasteiger partial charge in [0.1, 0.15) is 6.54 Å². The monoisotopic (exact) mass is 664 g/mol. The summed E-state index contributed by atoms with van der Waals surface area (Å²) < 4.78 is 91.2. The van der Waals surface area contributed by atoms with Gasteiger partial charge < -0.3 is 20.3 Å². The van der Waals surface area contributed by atoms with Gasteiger partial charge in [0.05, 0.1) is 24.8 Å². The lowest BCUT2D eigenvalue weighted by Crippen LogP contribution is -2.37. The number of alkyl halides is 6. The number of rotatable bonds is 10. The first-order chi connectivity index (χ1) is 20.8. The molecule has 0 bridgehead atoms. The number of benzene rings is 1. The highest BCUT2D eigenvalue weighted by Crippen LogP contribution is 2.29. The first kappa shape index (κ1) is 33.9. The fraction of sp³-hybridized carbons (Fsp3) is 0.423. The zero-order valence-corrected chi connectivity index (χ0v) is 24.6. The van der Waals surface area contributed by atoms with E-state index in [-0.39, 0.29) is 29.6 Å². The van der Waals surface area contributed by atoms with Crippen LogP contribution in [-0.4, -0.2) is 70.1 Å². The van der Waals surface area contributed by atoms with Gasteiger partial charge in [-0.15, -0.1) is 23.4 Å². The zero-order valence-electron chi connectivity index (χ0n) is 23.8. The largest absolute Gasteiger partial charge is 0.573 e. The molecule has 0 aliphatic carbocycles. The van der Waals surface area contributed by atoms with Crippen LogP contribution < -0.4 is 16.2 Å². The van der Waals surface area contributed by atoms with Crippen molar-refractivity contribution < 1.29 is 40.9 Å². The van der Waals surface area contributed by atoms with Crippen molar-refractivity contribution in [2.45, 2.75) is 64.1 Å². The molecule has 45 heavy (non-hydrogen) atoms. The molecule has 0 saturated heterocycles. The highest BCUT2D eigenvalue weighted by Gasteiger charge is 2.39. The second-order valence-corrected chi connectivity index (χ2v) is 11.1. The summed E-state index contributed by atoms with van der Waals surface area (Å²) in [7, 11) is 0. The topological polar surface area (TPSA) is 148 Å². The summed E-state index contributed by atoms with van der Waals surface area (Å²) in [5.74, 6) is -1.76. The molecule has 2 atom stereocenters. The van der Waals surface area contributed by atoms with Gasteiger partial charge in [-0.2, -0.15) is 17.9 Å². The molecular weight excluding hydrogens is 638 g/mol. The predicted octanol–water partition coefficient (Wildman–Crippen LogP) is 4.03. The summed E-state index contributed by atoms with van der Waals surface area (Å²) in [6.07, 6.45) is -11.9. The number of aliphatic hydroxyl groups is 1. The molecule has 0 radical (unpaired) electrons. The number of pyridine rings is 1. The van der Waals surface area contributed by atoms with Crippen molar-refractivity contribution in [2.24, 2.45) is 5.73 Å². The standard InChI is InChI=1S/C26H27ClF6N8O4/c1-24(2,3)44-13-16(34)21-36-19(37-41(21)22-17(5-4-10-35-22)45-26(31,32)33)12-40-23(43)39(11-18(42)25(28,29)30)20(38-40)14-6-8-15(27)9-7-14/h4-10,16,18,42H,11-13,34H2,1-3H3. The van der Waals surface area contributed by atoms with Gasteiger partial charge in [0.2, 0.25) is 0 Å². The molecule has 244 valence electrons. The Labute approximate surface area is 256 Å². The van der Waals surface area contributed by atoms with E-state index >= 15 is 0 Å². The Balaban J connectivity index is 1.81. The Morgan fingerprint density at radius 1 is 1.04 bits per heavy atom. The van der Waals surface area contributed by atoms with Crippen LogP contribution in [0.2, 0.25) is 5.02 Å². The second kappa shape index (κ2) is 12.8. The maximum atomic E-state index is 13.3. The van der Waals surface area contributed by atoms with Crippen LogP contribution in [0.4, 0.5) is 26.3 Å². The molecule has 0 aliphatic heterocycles. The smallest absolute Gasteiger partial charge is 0.402 e. The first-order valence-electron chi connectivity index (χ1n) is 13.1. The van der Waals surface area contributed by atoms with Gasteiger partial charge in [0, 0.05) is 16.8 Å². The van der Waals surface area contributed by atoms with Gasteiger partial charge in [-0.3, -0.25) is 4.57 Å². The Hall–Kier alpha value is -4.00. The van der Waals surface area contributed by atoms with Crippen LogP contribution in [0.3, 0.4) is 0 Å². The molecule has 4 aromatic rings. The first-order valence-corrected chi connectivity index (χ1v) is 13.4. The Bertz CT molecular complexity index is 1680. The summed E-state index contributed by atoms with van der Waals surface area (Å²) in [5.41, 5.74) is 4.77. The van der Waals surface area contributed by atoms with E-state index in [1.807, 2.05) is 0 Å². The molecule has 0 saturated carbocycles. The van der Waals surface area contributed by atoms with Crippen molar-refractivity contribution in [1.82, 2.24) is 34.1 Å². The van der Waals surface area contributed by atoms with Gasteiger partial charge in [-0.25, -0.2) is 19.4 Å². The van der Waals surface area contributed by atoms with E-state index in [9.17, 15) is 36.2 Å². The minimum atomic E-state index is -5.09. The van der Waals surface area contributed by atoms with E-state index in [1.165, 1.54) is 36.5 Å². The number of halogens is 7. The van der Waals surface area contributed by atoms with E-state index in [2.05, 4.69) is 24.9 Å². The summed E-state index contributed by atoms with van der Waals surface area (Å²) in [6, 6.07) is 6.79. The van der Waals surface area contributed by atoms with Crippen LogP contribution in [0, 0.1) is 0 Å². The van der Waals surface area contributed by atoms with Gasteiger partial charge in [0.15, 0.2) is 35.1 Å². The fourth-order valence-electron chi connectivity index (χ4n) is 3.92. The molecule has 2 unspecified atom stereocenters. The number of aliphatic hydroxyl groups excluding tert-OH is 1.